The molecule has 2 N–H and O–H groups in total. The number of nitrogens with one attached hydrogen (secondary N) is 2. The molecule has 0 saturated heterocycles. The van der Waals surface area contributed by atoms with Gasteiger partial charge in [-0.15, -0.1) is 0 Å². The first-order valence-corrected chi connectivity index (χ1v) is 7.80. The maximum Gasteiger partial charge on any atom is 0.223 e. The number of H-pyrrole nitrogens is 1. The van der Waals surface area contributed by atoms with Gasteiger partial charge in [-0.1, -0.05) is 18.2 Å². The average Bonchev–Trinajstić information content (AvgIpc) is 3.25. The van der Waals surface area contributed by atoms with E-state index in [1.165, 1.54) is 5.69 Å². The van der Waals surface area contributed by atoms with Crippen LogP contribution in [0.1, 0.15) is 11.4 Å². The van der Waals surface area contributed by atoms with Gasteiger partial charge in [0.2, 0.25) is 5.95 Å². The van der Waals surface area contributed by atoms with Crippen molar-refractivity contribution in [3.63, 3.8) is 0 Å². The van der Waals surface area contributed by atoms with Gasteiger partial charge < -0.3 is 15.2 Å². The fraction of sp³-hybridized carbons (Fsp3) is 0.235. The van der Waals surface area contributed by atoms with Crippen LogP contribution in [0.5, 0.6) is 0 Å². The molecule has 1 aliphatic rings. The van der Waals surface area contributed by atoms with Gasteiger partial charge >= 0.3 is 0 Å². The molecule has 0 fully saturated rings. The molecule has 23 heavy (non-hydrogen) atoms. The van der Waals surface area contributed by atoms with E-state index in [1.807, 2.05) is 18.5 Å². The Morgan fingerprint density at radius 1 is 1.17 bits per heavy atom. The normalized spacial score (nSPS) is 13.1. The van der Waals surface area contributed by atoms with E-state index in [0.717, 1.165) is 43.0 Å². The summed E-state index contributed by atoms with van der Waals surface area (Å²) >= 11 is 0. The largest absolute Gasteiger partial charge is 0.354 e. The monoisotopic (exact) mass is 306 g/mol. The molecule has 116 valence electrons. The highest BCUT2D eigenvalue weighted by Gasteiger charge is 2.22. The highest BCUT2D eigenvalue weighted by Crippen LogP contribution is 2.32. The Bertz CT molecular complexity index is 769. The molecule has 4 rings (SSSR count). The molecule has 1 aliphatic heterocycles. The summed E-state index contributed by atoms with van der Waals surface area (Å²) in [5.41, 5.74) is 4.51. The SMILES string of the molecule is c1ccc(N2CCc3nc(NCCc4cnc[nH]4)ncc32)cc1. The zero-order valence-corrected chi connectivity index (χ0v) is 12.7. The minimum atomic E-state index is 0.693. The third kappa shape index (κ3) is 2.88. The van der Waals surface area contributed by atoms with Crippen LogP contribution in [0.15, 0.2) is 49.1 Å². The Labute approximate surface area is 134 Å². The number of benzene rings is 1. The van der Waals surface area contributed by atoms with Crippen molar-refractivity contribution in [2.75, 3.05) is 23.3 Å². The Kier molecular flexibility index (Phi) is 3.63. The second-order valence-electron chi connectivity index (χ2n) is 5.52. The average molecular weight is 306 g/mol. The fourth-order valence-corrected chi connectivity index (χ4v) is 2.85. The molecule has 3 heterocycles. The lowest BCUT2D eigenvalue weighted by Crippen LogP contribution is -2.13. The van der Waals surface area contributed by atoms with Crippen molar-refractivity contribution in [1.29, 1.82) is 0 Å². The topological polar surface area (TPSA) is 69.7 Å². The van der Waals surface area contributed by atoms with Crippen molar-refractivity contribution in [2.45, 2.75) is 12.8 Å². The van der Waals surface area contributed by atoms with Crippen LogP contribution in [0, 0.1) is 0 Å². The second kappa shape index (κ2) is 6.08. The third-order valence-electron chi connectivity index (χ3n) is 4.01. The molecule has 0 atom stereocenters. The van der Waals surface area contributed by atoms with Gasteiger partial charge in [0, 0.05) is 43.5 Å². The predicted octanol–water partition coefficient (Wildman–Crippen LogP) is 2.55. The number of aromatic nitrogens is 4. The number of rotatable bonds is 5. The molecule has 2 aromatic heterocycles. The standard InChI is InChI=1S/C17H18N6/c1-2-4-14(5-3-1)23-9-7-15-16(23)11-20-17(22-15)19-8-6-13-10-18-12-21-13/h1-5,10-12H,6-9H2,(H,18,21)(H,19,20,22). The van der Waals surface area contributed by atoms with Crippen LogP contribution in [0.4, 0.5) is 17.3 Å². The summed E-state index contributed by atoms with van der Waals surface area (Å²) in [5.74, 6) is 0.693. The fourth-order valence-electron chi connectivity index (χ4n) is 2.85. The molecule has 0 saturated carbocycles. The number of hydrogen-bond acceptors (Lipinski definition) is 5. The van der Waals surface area contributed by atoms with Gasteiger partial charge in [0.1, 0.15) is 0 Å². The number of hydrogen-bond donors (Lipinski definition) is 2. The zero-order chi connectivity index (χ0) is 15.5. The lowest BCUT2D eigenvalue weighted by molar-refractivity contribution is 0.939. The number of fused-ring (bicyclic) bond motifs is 1. The summed E-state index contributed by atoms with van der Waals surface area (Å²) in [6, 6.07) is 10.4. The molecule has 0 spiro atoms. The molecule has 0 aliphatic carbocycles. The van der Waals surface area contributed by atoms with Crippen LogP contribution >= 0.6 is 0 Å². The van der Waals surface area contributed by atoms with Gasteiger partial charge in [-0.3, -0.25) is 0 Å². The van der Waals surface area contributed by atoms with E-state index < -0.39 is 0 Å². The molecular weight excluding hydrogens is 288 g/mol. The van der Waals surface area contributed by atoms with E-state index in [4.69, 9.17) is 0 Å². The first-order chi connectivity index (χ1) is 11.4. The summed E-state index contributed by atoms with van der Waals surface area (Å²) in [6.07, 6.45) is 7.27. The van der Waals surface area contributed by atoms with Gasteiger partial charge in [-0.25, -0.2) is 15.0 Å². The van der Waals surface area contributed by atoms with Crippen molar-refractivity contribution in [3.05, 3.63) is 60.4 Å². The molecule has 6 nitrogen and oxygen atoms in total. The molecule has 0 amide bonds. The van der Waals surface area contributed by atoms with E-state index in [-0.39, 0.29) is 0 Å². The minimum absolute atomic E-state index is 0.693. The van der Waals surface area contributed by atoms with Crippen molar-refractivity contribution >= 4 is 17.3 Å². The maximum atomic E-state index is 4.66. The molecule has 0 bridgehead atoms. The summed E-state index contributed by atoms with van der Waals surface area (Å²) in [7, 11) is 0. The van der Waals surface area contributed by atoms with Gasteiger partial charge in [-0.05, 0) is 12.1 Å². The van der Waals surface area contributed by atoms with Crippen LogP contribution < -0.4 is 10.2 Å². The van der Waals surface area contributed by atoms with Crippen LogP contribution in [-0.4, -0.2) is 33.0 Å². The quantitative estimate of drug-likeness (QED) is 0.758. The Morgan fingerprint density at radius 3 is 2.91 bits per heavy atom. The lowest BCUT2D eigenvalue weighted by atomic mass is 10.3. The second-order valence-corrected chi connectivity index (χ2v) is 5.52. The number of nitrogens with zero attached hydrogens (tertiary/aromatic N) is 4. The molecule has 3 aromatic rings. The minimum Gasteiger partial charge on any atom is -0.354 e. The zero-order valence-electron chi connectivity index (χ0n) is 12.7. The first-order valence-electron chi connectivity index (χ1n) is 7.80. The van der Waals surface area contributed by atoms with E-state index in [1.54, 1.807) is 6.33 Å². The smallest absolute Gasteiger partial charge is 0.223 e. The van der Waals surface area contributed by atoms with Gasteiger partial charge in [0.05, 0.1) is 23.9 Å². The molecule has 0 unspecified atom stereocenters. The highest BCUT2D eigenvalue weighted by atomic mass is 15.2. The predicted molar refractivity (Wildman–Crippen MR) is 90.0 cm³/mol. The van der Waals surface area contributed by atoms with E-state index in [2.05, 4.69) is 54.4 Å². The van der Waals surface area contributed by atoms with E-state index >= 15 is 0 Å². The maximum absolute atomic E-state index is 4.66. The van der Waals surface area contributed by atoms with Crippen molar-refractivity contribution in [1.82, 2.24) is 19.9 Å². The van der Waals surface area contributed by atoms with E-state index in [0.29, 0.717) is 5.95 Å². The summed E-state index contributed by atoms with van der Waals surface area (Å²) < 4.78 is 0. The Morgan fingerprint density at radius 2 is 2.09 bits per heavy atom. The number of anilines is 3. The van der Waals surface area contributed by atoms with Crippen molar-refractivity contribution < 1.29 is 0 Å². The first kappa shape index (κ1) is 13.8. The van der Waals surface area contributed by atoms with Crippen LogP contribution in [-0.2, 0) is 12.8 Å². The summed E-state index contributed by atoms with van der Waals surface area (Å²) in [6.45, 7) is 1.73. The van der Waals surface area contributed by atoms with Gasteiger partial charge in [-0.2, -0.15) is 0 Å². The third-order valence-corrected chi connectivity index (χ3v) is 4.01. The van der Waals surface area contributed by atoms with Crippen molar-refractivity contribution in [3.8, 4) is 0 Å². The van der Waals surface area contributed by atoms with Crippen LogP contribution in [0.25, 0.3) is 0 Å². The molecular formula is C17H18N6. The molecule has 1 aromatic carbocycles. The summed E-state index contributed by atoms with van der Waals surface area (Å²) in [5, 5.41) is 3.28. The summed E-state index contributed by atoms with van der Waals surface area (Å²) in [4.78, 5) is 18.5. The lowest BCUT2D eigenvalue weighted by Gasteiger charge is -2.18. The van der Waals surface area contributed by atoms with Crippen LogP contribution in [0.3, 0.4) is 0 Å². The van der Waals surface area contributed by atoms with Gasteiger partial charge in [0.25, 0.3) is 0 Å². The number of aromatic amines is 1. The van der Waals surface area contributed by atoms with E-state index in [9.17, 15) is 0 Å². The number of para-hydroxylation sites is 1. The van der Waals surface area contributed by atoms with Crippen molar-refractivity contribution in [2.24, 2.45) is 0 Å². The van der Waals surface area contributed by atoms with Gasteiger partial charge in [0.15, 0.2) is 0 Å². The Balaban J connectivity index is 1.45. The Hall–Kier alpha value is -2.89. The molecule has 0 radical (unpaired) electrons. The highest BCUT2D eigenvalue weighted by molar-refractivity contribution is 5.68. The van der Waals surface area contributed by atoms with Crippen LogP contribution in [0.2, 0.25) is 0 Å². The number of imidazole rings is 1. The molecule has 6 heteroatoms.